The van der Waals surface area contributed by atoms with Crippen LogP contribution < -0.4 is 0 Å². The van der Waals surface area contributed by atoms with E-state index in [0.717, 1.165) is 19.3 Å². The molecule has 0 saturated carbocycles. The van der Waals surface area contributed by atoms with E-state index in [4.69, 9.17) is 0 Å². The molecule has 0 spiro atoms. The molecule has 11 heavy (non-hydrogen) atoms. The van der Waals surface area contributed by atoms with E-state index in [2.05, 4.69) is 4.90 Å². The van der Waals surface area contributed by atoms with E-state index in [-0.39, 0.29) is 0 Å². The van der Waals surface area contributed by atoms with Crippen LogP contribution in [0, 0.1) is 0 Å². The Balaban J connectivity index is 0. The van der Waals surface area contributed by atoms with E-state index in [0.29, 0.717) is 0 Å². The number of nitrogens with zero attached hydrogens (tertiary/aromatic N) is 1. The third-order valence-electron chi connectivity index (χ3n) is 0.958. The molecule has 0 atom stereocenters. The number of rotatable bonds is 4. The molecule has 0 saturated heterocycles. The van der Waals surface area contributed by atoms with E-state index in [1.165, 1.54) is 6.08 Å². The molecule has 0 radical (unpaired) electrons. The summed E-state index contributed by atoms with van der Waals surface area (Å²) in [6.45, 7) is 5.00. The molecule has 2 heteroatoms. The van der Waals surface area contributed by atoms with Crippen molar-refractivity contribution in [1.82, 2.24) is 4.90 Å². The fourth-order valence-corrected chi connectivity index (χ4v) is 0.485. The Kier molecular flexibility index (Phi) is 14.3. The average Bonchev–Trinajstić information content (AvgIpc) is 2.02. The Morgan fingerprint density at radius 2 is 1.82 bits per heavy atom. The van der Waals surface area contributed by atoms with Crippen molar-refractivity contribution in [3.8, 4) is 0 Å². The molecule has 2 nitrogen and oxygen atoms in total. The molecule has 0 aliphatic heterocycles. The summed E-state index contributed by atoms with van der Waals surface area (Å²) in [6.07, 6.45) is 5.15. The molecule has 0 N–H and O–H groups in total. The molecule has 0 amide bonds. The first-order valence-corrected chi connectivity index (χ1v) is 4.02. The number of carbonyl (C=O) groups is 1. The summed E-state index contributed by atoms with van der Waals surface area (Å²) in [7, 11) is 4.02. The van der Waals surface area contributed by atoms with Gasteiger partial charge in [-0.3, -0.25) is 4.79 Å². The van der Waals surface area contributed by atoms with Crippen LogP contribution in [0.2, 0.25) is 0 Å². The Morgan fingerprint density at radius 1 is 1.27 bits per heavy atom. The third kappa shape index (κ3) is 17.6. The van der Waals surface area contributed by atoms with E-state index in [9.17, 15) is 4.79 Å². The Bertz CT molecular complexity index is 97.7. The predicted octanol–water partition coefficient (Wildman–Crippen LogP) is 1.72. The van der Waals surface area contributed by atoms with Crippen LogP contribution in [0.15, 0.2) is 12.2 Å². The second-order valence-corrected chi connectivity index (χ2v) is 2.16. The van der Waals surface area contributed by atoms with Crippen molar-refractivity contribution >= 4 is 6.29 Å². The molecule has 0 aliphatic rings. The van der Waals surface area contributed by atoms with Crippen molar-refractivity contribution in [2.24, 2.45) is 0 Å². The summed E-state index contributed by atoms with van der Waals surface area (Å²) < 4.78 is 0. The normalized spacial score (nSPS) is 9.55. The van der Waals surface area contributed by atoms with Gasteiger partial charge in [-0.1, -0.05) is 19.9 Å². The van der Waals surface area contributed by atoms with Gasteiger partial charge in [-0.25, -0.2) is 0 Å². The third-order valence-corrected chi connectivity index (χ3v) is 0.958. The molecular formula is C9H19NO. The van der Waals surface area contributed by atoms with Crippen molar-refractivity contribution in [2.75, 3.05) is 20.6 Å². The largest absolute Gasteiger partial charge is 0.309 e. The van der Waals surface area contributed by atoms with Crippen LogP contribution in [0.25, 0.3) is 0 Å². The maximum absolute atomic E-state index is 9.75. The van der Waals surface area contributed by atoms with E-state index in [1.54, 1.807) is 0 Å². The maximum Gasteiger partial charge on any atom is 0.142 e. The standard InChI is InChI=1S/C7H13NO.C2H6/c1-8(2)6-4-3-5-7-9;1-2/h3,5,7H,4,6H2,1-2H3;1-2H3/b5-3-;. The Hall–Kier alpha value is -0.630. The Labute approximate surface area is 69.9 Å². The molecule has 0 rings (SSSR count). The van der Waals surface area contributed by atoms with Crippen LogP contribution in [-0.2, 0) is 4.79 Å². The van der Waals surface area contributed by atoms with Gasteiger partial charge < -0.3 is 4.90 Å². The second-order valence-electron chi connectivity index (χ2n) is 2.16. The minimum Gasteiger partial charge on any atom is -0.309 e. The summed E-state index contributed by atoms with van der Waals surface area (Å²) in [5.41, 5.74) is 0. The topological polar surface area (TPSA) is 20.3 Å². The van der Waals surface area contributed by atoms with Gasteiger partial charge >= 0.3 is 0 Å². The van der Waals surface area contributed by atoms with Crippen molar-refractivity contribution in [1.29, 1.82) is 0 Å². The van der Waals surface area contributed by atoms with Gasteiger partial charge in [0.1, 0.15) is 6.29 Å². The van der Waals surface area contributed by atoms with Gasteiger partial charge in [-0.2, -0.15) is 0 Å². The van der Waals surface area contributed by atoms with Crippen molar-refractivity contribution in [3.63, 3.8) is 0 Å². The highest BCUT2D eigenvalue weighted by molar-refractivity contribution is 5.64. The fourth-order valence-electron chi connectivity index (χ4n) is 0.485. The van der Waals surface area contributed by atoms with Gasteiger partial charge in [0.05, 0.1) is 0 Å². The number of carbonyl (C=O) groups excluding carboxylic acids is 1. The van der Waals surface area contributed by atoms with Crippen LogP contribution in [0.3, 0.4) is 0 Å². The fraction of sp³-hybridized carbons (Fsp3) is 0.667. The minimum absolute atomic E-state index is 0.801. The lowest BCUT2D eigenvalue weighted by molar-refractivity contribution is -0.104. The highest BCUT2D eigenvalue weighted by atomic mass is 16.1. The quantitative estimate of drug-likeness (QED) is 0.457. The summed E-state index contributed by atoms with van der Waals surface area (Å²) in [5, 5.41) is 0. The molecular weight excluding hydrogens is 138 g/mol. The Morgan fingerprint density at radius 3 is 2.18 bits per heavy atom. The lowest BCUT2D eigenvalue weighted by Crippen LogP contribution is -2.11. The van der Waals surface area contributed by atoms with Gasteiger partial charge in [0.15, 0.2) is 0 Å². The van der Waals surface area contributed by atoms with Gasteiger partial charge in [0, 0.05) is 6.54 Å². The van der Waals surface area contributed by atoms with Crippen molar-refractivity contribution in [3.05, 3.63) is 12.2 Å². The SMILES string of the molecule is CC.CN(C)CC/C=C\C=O. The first-order chi connectivity index (χ1) is 5.27. The van der Waals surface area contributed by atoms with Crippen LogP contribution >= 0.6 is 0 Å². The van der Waals surface area contributed by atoms with Gasteiger partial charge in [0.2, 0.25) is 0 Å². The molecule has 0 aliphatic carbocycles. The molecule has 0 unspecified atom stereocenters. The summed E-state index contributed by atoms with van der Waals surface area (Å²) in [5.74, 6) is 0. The zero-order valence-electron chi connectivity index (χ0n) is 8.00. The second kappa shape index (κ2) is 12.1. The van der Waals surface area contributed by atoms with Gasteiger partial charge in [-0.15, -0.1) is 0 Å². The van der Waals surface area contributed by atoms with Crippen molar-refractivity contribution < 1.29 is 4.79 Å². The first-order valence-electron chi connectivity index (χ1n) is 4.02. The lowest BCUT2D eigenvalue weighted by atomic mass is 10.4. The summed E-state index contributed by atoms with van der Waals surface area (Å²) in [6, 6.07) is 0. The zero-order valence-corrected chi connectivity index (χ0v) is 8.00. The predicted molar refractivity (Wildman–Crippen MR) is 49.7 cm³/mol. The maximum atomic E-state index is 9.75. The summed E-state index contributed by atoms with van der Waals surface area (Å²) in [4.78, 5) is 11.8. The van der Waals surface area contributed by atoms with Crippen molar-refractivity contribution in [2.45, 2.75) is 20.3 Å². The highest BCUT2D eigenvalue weighted by Gasteiger charge is 1.83. The molecule has 0 bridgehead atoms. The van der Waals surface area contributed by atoms with E-state index < -0.39 is 0 Å². The van der Waals surface area contributed by atoms with Crippen LogP contribution in [0.5, 0.6) is 0 Å². The smallest absolute Gasteiger partial charge is 0.142 e. The van der Waals surface area contributed by atoms with Gasteiger partial charge in [0.25, 0.3) is 0 Å². The molecule has 0 aromatic rings. The van der Waals surface area contributed by atoms with E-state index in [1.807, 2.05) is 34.0 Å². The molecule has 0 heterocycles. The van der Waals surface area contributed by atoms with Crippen LogP contribution in [0.4, 0.5) is 0 Å². The van der Waals surface area contributed by atoms with Gasteiger partial charge in [-0.05, 0) is 26.6 Å². The number of hydrogen-bond donors (Lipinski definition) is 0. The first kappa shape index (κ1) is 13.0. The monoisotopic (exact) mass is 157 g/mol. The molecule has 0 aromatic heterocycles. The van der Waals surface area contributed by atoms with Crippen LogP contribution in [-0.4, -0.2) is 31.8 Å². The molecule has 0 aromatic carbocycles. The molecule has 0 fully saturated rings. The van der Waals surface area contributed by atoms with E-state index >= 15 is 0 Å². The lowest BCUT2D eigenvalue weighted by Gasteiger charge is -2.04. The van der Waals surface area contributed by atoms with Crippen LogP contribution in [0.1, 0.15) is 20.3 Å². The number of aldehydes is 1. The number of allylic oxidation sites excluding steroid dienone is 1. The highest BCUT2D eigenvalue weighted by Crippen LogP contribution is 1.83. The minimum atomic E-state index is 0.801. The zero-order chi connectivity index (χ0) is 9.11. The molecule has 66 valence electrons. The average molecular weight is 157 g/mol. The summed E-state index contributed by atoms with van der Waals surface area (Å²) >= 11 is 0. The number of hydrogen-bond acceptors (Lipinski definition) is 2.